The summed E-state index contributed by atoms with van der Waals surface area (Å²) in [7, 11) is 0. The van der Waals surface area contributed by atoms with Crippen molar-refractivity contribution in [1.29, 1.82) is 0 Å². The Balaban J connectivity index is 1.60. The van der Waals surface area contributed by atoms with Crippen molar-refractivity contribution in [1.82, 2.24) is 9.80 Å². The fraction of sp³-hybridized carbons (Fsp3) is 0.929. The van der Waals surface area contributed by atoms with Gasteiger partial charge in [0.1, 0.15) is 5.60 Å². The third-order valence-electron chi connectivity index (χ3n) is 4.26. The Morgan fingerprint density at radius 3 is 2.50 bits per heavy atom. The first-order valence-electron chi connectivity index (χ1n) is 7.18. The highest BCUT2D eigenvalue weighted by atomic mass is 16.6. The molecule has 4 heteroatoms. The maximum atomic E-state index is 12.1. The number of carbonyl (C=O) groups is 1. The van der Waals surface area contributed by atoms with Crippen LogP contribution in [0, 0.1) is 5.92 Å². The minimum Gasteiger partial charge on any atom is -0.444 e. The molecule has 0 bridgehead atoms. The van der Waals surface area contributed by atoms with Crippen LogP contribution in [0.25, 0.3) is 0 Å². The van der Waals surface area contributed by atoms with Crippen LogP contribution < -0.4 is 0 Å². The summed E-state index contributed by atoms with van der Waals surface area (Å²) in [4.78, 5) is 16.6. The molecule has 0 radical (unpaired) electrons. The summed E-state index contributed by atoms with van der Waals surface area (Å²) in [6, 6.07) is 1.42. The van der Waals surface area contributed by atoms with E-state index in [0.29, 0.717) is 12.0 Å². The largest absolute Gasteiger partial charge is 0.444 e. The third kappa shape index (κ3) is 2.35. The quantitative estimate of drug-likeness (QED) is 0.716. The standard InChI is InChI=1S/C14H24N2O2/c1-14(2,3)18-13(17)15-8-10-6-7-16(11-4-5-11)12(10)9-15/h10-12H,4-9H2,1-3H3/t10-,12+/m0/s1. The SMILES string of the molecule is CC(C)(C)OC(=O)N1C[C@@H]2CCN(C3CC3)[C@@H]2C1. The molecular formula is C14H24N2O2. The molecule has 1 saturated carbocycles. The first kappa shape index (κ1) is 12.3. The van der Waals surface area contributed by atoms with E-state index in [1.165, 1.54) is 25.8 Å². The van der Waals surface area contributed by atoms with Crippen LogP contribution in [0.3, 0.4) is 0 Å². The van der Waals surface area contributed by atoms with Crippen LogP contribution in [0.5, 0.6) is 0 Å². The molecule has 2 saturated heterocycles. The van der Waals surface area contributed by atoms with Crippen molar-refractivity contribution >= 4 is 6.09 Å². The molecular weight excluding hydrogens is 228 g/mol. The van der Waals surface area contributed by atoms with Gasteiger partial charge in [-0.1, -0.05) is 0 Å². The summed E-state index contributed by atoms with van der Waals surface area (Å²) in [5.41, 5.74) is -0.384. The molecule has 0 aromatic rings. The fourth-order valence-corrected chi connectivity index (χ4v) is 3.33. The lowest BCUT2D eigenvalue weighted by molar-refractivity contribution is 0.0271. The summed E-state index contributed by atoms with van der Waals surface area (Å²) in [5, 5.41) is 0. The Kier molecular flexibility index (Phi) is 2.81. The minimum absolute atomic E-state index is 0.132. The number of hydrogen-bond donors (Lipinski definition) is 0. The van der Waals surface area contributed by atoms with Crippen LogP contribution in [0.1, 0.15) is 40.0 Å². The topological polar surface area (TPSA) is 32.8 Å². The predicted octanol–water partition coefficient (Wildman–Crippen LogP) is 2.09. The maximum absolute atomic E-state index is 12.1. The number of fused-ring (bicyclic) bond motifs is 1. The zero-order valence-electron chi connectivity index (χ0n) is 11.7. The van der Waals surface area contributed by atoms with E-state index in [1.54, 1.807) is 0 Å². The Morgan fingerprint density at radius 1 is 1.17 bits per heavy atom. The van der Waals surface area contributed by atoms with Crippen LogP contribution in [0.4, 0.5) is 4.79 Å². The van der Waals surface area contributed by atoms with E-state index in [4.69, 9.17) is 4.74 Å². The second-order valence-corrected chi connectivity index (χ2v) is 6.97. The van der Waals surface area contributed by atoms with E-state index in [2.05, 4.69) is 4.90 Å². The second-order valence-electron chi connectivity index (χ2n) is 6.97. The van der Waals surface area contributed by atoms with E-state index in [0.717, 1.165) is 19.1 Å². The Hall–Kier alpha value is -0.770. The molecule has 1 amide bonds. The van der Waals surface area contributed by atoms with Crippen molar-refractivity contribution < 1.29 is 9.53 Å². The zero-order valence-corrected chi connectivity index (χ0v) is 11.7. The molecule has 2 aliphatic heterocycles. The lowest BCUT2D eigenvalue weighted by Gasteiger charge is -2.26. The smallest absolute Gasteiger partial charge is 0.410 e. The van der Waals surface area contributed by atoms with Crippen molar-refractivity contribution in [3.05, 3.63) is 0 Å². The first-order valence-corrected chi connectivity index (χ1v) is 7.18. The predicted molar refractivity (Wildman–Crippen MR) is 69.4 cm³/mol. The zero-order chi connectivity index (χ0) is 12.9. The van der Waals surface area contributed by atoms with Gasteiger partial charge in [-0.15, -0.1) is 0 Å². The van der Waals surface area contributed by atoms with Crippen LogP contribution in [0.15, 0.2) is 0 Å². The molecule has 2 atom stereocenters. The Bertz CT molecular complexity index is 346. The highest BCUT2D eigenvalue weighted by Crippen LogP contribution is 2.39. The normalized spacial score (nSPS) is 32.7. The van der Waals surface area contributed by atoms with Gasteiger partial charge in [0, 0.05) is 25.2 Å². The van der Waals surface area contributed by atoms with Gasteiger partial charge in [0.25, 0.3) is 0 Å². The summed E-state index contributed by atoms with van der Waals surface area (Å²) >= 11 is 0. The number of ether oxygens (including phenoxy) is 1. The van der Waals surface area contributed by atoms with Crippen molar-refractivity contribution in [3.63, 3.8) is 0 Å². The van der Waals surface area contributed by atoms with Crippen molar-refractivity contribution in [3.8, 4) is 0 Å². The molecule has 18 heavy (non-hydrogen) atoms. The molecule has 102 valence electrons. The van der Waals surface area contributed by atoms with Crippen LogP contribution in [0.2, 0.25) is 0 Å². The van der Waals surface area contributed by atoms with E-state index in [1.807, 2.05) is 25.7 Å². The van der Waals surface area contributed by atoms with Gasteiger partial charge in [0.15, 0.2) is 0 Å². The number of carbonyl (C=O) groups excluding carboxylic acids is 1. The van der Waals surface area contributed by atoms with E-state index < -0.39 is 0 Å². The van der Waals surface area contributed by atoms with Gasteiger partial charge in [-0.05, 0) is 52.5 Å². The molecule has 2 heterocycles. The molecule has 0 unspecified atom stereocenters. The lowest BCUT2D eigenvalue weighted by Crippen LogP contribution is -2.40. The van der Waals surface area contributed by atoms with Crippen LogP contribution >= 0.6 is 0 Å². The monoisotopic (exact) mass is 252 g/mol. The summed E-state index contributed by atoms with van der Waals surface area (Å²) in [6.07, 6.45) is 3.83. The Labute approximate surface area is 109 Å². The highest BCUT2D eigenvalue weighted by molar-refractivity contribution is 5.68. The van der Waals surface area contributed by atoms with Crippen molar-refractivity contribution in [2.24, 2.45) is 5.92 Å². The van der Waals surface area contributed by atoms with Crippen LogP contribution in [-0.4, -0.2) is 53.2 Å². The second kappa shape index (κ2) is 4.12. The Morgan fingerprint density at radius 2 is 1.89 bits per heavy atom. The van der Waals surface area contributed by atoms with Gasteiger partial charge in [-0.25, -0.2) is 4.79 Å². The van der Waals surface area contributed by atoms with E-state index in [-0.39, 0.29) is 11.7 Å². The van der Waals surface area contributed by atoms with Gasteiger partial charge >= 0.3 is 6.09 Å². The molecule has 3 aliphatic rings. The average molecular weight is 252 g/mol. The molecule has 1 aliphatic carbocycles. The van der Waals surface area contributed by atoms with Crippen LogP contribution in [-0.2, 0) is 4.74 Å². The van der Waals surface area contributed by atoms with E-state index in [9.17, 15) is 4.79 Å². The third-order valence-corrected chi connectivity index (χ3v) is 4.26. The minimum atomic E-state index is -0.384. The number of nitrogens with zero attached hydrogens (tertiary/aromatic N) is 2. The molecule has 0 spiro atoms. The molecule has 0 aromatic heterocycles. The van der Waals surface area contributed by atoms with Crippen molar-refractivity contribution in [2.45, 2.75) is 57.7 Å². The molecule has 0 aromatic carbocycles. The summed E-state index contributed by atoms with van der Waals surface area (Å²) < 4.78 is 5.47. The first-order chi connectivity index (χ1) is 8.44. The average Bonchev–Trinajstić information content (AvgIpc) is 2.87. The maximum Gasteiger partial charge on any atom is 0.410 e. The summed E-state index contributed by atoms with van der Waals surface area (Å²) in [5.74, 6) is 0.679. The molecule has 3 rings (SSSR count). The highest BCUT2D eigenvalue weighted by Gasteiger charge is 2.47. The van der Waals surface area contributed by atoms with Gasteiger partial charge in [0.05, 0.1) is 0 Å². The van der Waals surface area contributed by atoms with Gasteiger partial charge in [0.2, 0.25) is 0 Å². The van der Waals surface area contributed by atoms with Crippen molar-refractivity contribution in [2.75, 3.05) is 19.6 Å². The van der Waals surface area contributed by atoms with E-state index >= 15 is 0 Å². The molecule has 4 nitrogen and oxygen atoms in total. The lowest BCUT2D eigenvalue weighted by atomic mass is 10.1. The number of amides is 1. The number of likely N-dealkylation sites (tertiary alicyclic amines) is 2. The number of rotatable bonds is 1. The molecule has 0 N–H and O–H groups in total. The van der Waals surface area contributed by atoms with Gasteiger partial charge < -0.3 is 9.64 Å². The summed E-state index contributed by atoms with van der Waals surface area (Å²) in [6.45, 7) is 8.79. The van der Waals surface area contributed by atoms with Gasteiger partial charge in [-0.2, -0.15) is 0 Å². The van der Waals surface area contributed by atoms with Gasteiger partial charge in [-0.3, -0.25) is 4.90 Å². The molecule has 3 fully saturated rings. The fourth-order valence-electron chi connectivity index (χ4n) is 3.33. The number of hydrogen-bond acceptors (Lipinski definition) is 3.